The van der Waals surface area contributed by atoms with Crippen LogP contribution in [0, 0.1) is 0 Å². The number of aromatic nitrogens is 1. The van der Waals surface area contributed by atoms with Crippen LogP contribution in [0.1, 0.15) is 26.3 Å². The molecule has 0 radical (unpaired) electrons. The van der Waals surface area contributed by atoms with Crippen LogP contribution >= 0.6 is 23.2 Å². The zero-order valence-electron chi connectivity index (χ0n) is 18.9. The third kappa shape index (κ3) is 7.25. The molecular formula is C23H21Cl2N5O4S. The fourth-order valence-corrected chi connectivity index (χ4v) is 3.83. The van der Waals surface area contributed by atoms with Crippen molar-refractivity contribution in [1.82, 2.24) is 9.88 Å². The summed E-state index contributed by atoms with van der Waals surface area (Å²) in [5, 5.41) is 6.06. The standard InChI is InChI=1S/C23H21Cl2N5O4S/c1-30(2)21(29-35(3,33)34)14-4-6-15(7-5-14)22(31)27-19-10-8-16(24)12-18(19)23(32)28-20-11-9-17(25)13-26-20/h4-13H,1-3H3,(H,27,31)(H,26,28,32)/b29-21+. The van der Waals surface area contributed by atoms with E-state index in [9.17, 15) is 18.0 Å². The second kappa shape index (κ2) is 10.9. The van der Waals surface area contributed by atoms with Gasteiger partial charge in [-0.2, -0.15) is 0 Å². The number of rotatable bonds is 6. The Morgan fingerprint density at radius 3 is 2.09 bits per heavy atom. The number of halogens is 2. The van der Waals surface area contributed by atoms with Gasteiger partial charge in [0.15, 0.2) is 0 Å². The number of amidine groups is 1. The predicted molar refractivity (Wildman–Crippen MR) is 138 cm³/mol. The van der Waals surface area contributed by atoms with Crippen molar-refractivity contribution in [3.05, 3.63) is 87.5 Å². The van der Waals surface area contributed by atoms with Gasteiger partial charge in [0.25, 0.3) is 21.8 Å². The van der Waals surface area contributed by atoms with Crippen LogP contribution in [0.25, 0.3) is 0 Å². The number of carbonyl (C=O) groups is 2. The van der Waals surface area contributed by atoms with E-state index in [1.165, 1.54) is 30.5 Å². The van der Waals surface area contributed by atoms with E-state index in [1.54, 1.807) is 49.3 Å². The summed E-state index contributed by atoms with van der Waals surface area (Å²) in [6, 6.07) is 13.8. The van der Waals surface area contributed by atoms with E-state index < -0.39 is 21.8 Å². The molecule has 0 fully saturated rings. The summed E-state index contributed by atoms with van der Waals surface area (Å²) >= 11 is 11.9. The van der Waals surface area contributed by atoms with Gasteiger partial charge in [0.2, 0.25) is 0 Å². The van der Waals surface area contributed by atoms with Gasteiger partial charge in [-0.15, -0.1) is 4.40 Å². The molecule has 3 rings (SSSR count). The molecule has 12 heteroatoms. The molecule has 35 heavy (non-hydrogen) atoms. The Hall–Kier alpha value is -3.47. The second-order valence-electron chi connectivity index (χ2n) is 7.58. The van der Waals surface area contributed by atoms with Crippen molar-refractivity contribution in [2.75, 3.05) is 31.0 Å². The number of amides is 2. The summed E-state index contributed by atoms with van der Waals surface area (Å²) in [6.07, 6.45) is 2.39. The summed E-state index contributed by atoms with van der Waals surface area (Å²) in [5.41, 5.74) is 1.17. The van der Waals surface area contributed by atoms with E-state index in [0.29, 0.717) is 15.6 Å². The van der Waals surface area contributed by atoms with Crippen molar-refractivity contribution < 1.29 is 18.0 Å². The van der Waals surface area contributed by atoms with Crippen LogP contribution in [0.2, 0.25) is 10.0 Å². The second-order valence-corrected chi connectivity index (χ2v) is 10.1. The molecule has 3 aromatic rings. The van der Waals surface area contributed by atoms with Crippen molar-refractivity contribution in [3.63, 3.8) is 0 Å². The fraction of sp³-hybridized carbons (Fsp3) is 0.130. The van der Waals surface area contributed by atoms with Crippen molar-refractivity contribution in [3.8, 4) is 0 Å². The Kier molecular flexibility index (Phi) is 8.11. The van der Waals surface area contributed by atoms with Gasteiger partial charge in [-0.1, -0.05) is 35.3 Å². The Morgan fingerprint density at radius 2 is 1.51 bits per heavy atom. The highest BCUT2D eigenvalue weighted by molar-refractivity contribution is 7.89. The average Bonchev–Trinajstić information content (AvgIpc) is 2.79. The predicted octanol–water partition coefficient (Wildman–Crippen LogP) is 4.16. The van der Waals surface area contributed by atoms with Crippen LogP contribution in [-0.4, -0.2) is 56.3 Å². The molecule has 1 heterocycles. The van der Waals surface area contributed by atoms with Gasteiger partial charge < -0.3 is 15.5 Å². The van der Waals surface area contributed by atoms with Crippen LogP contribution in [0.5, 0.6) is 0 Å². The molecule has 0 saturated heterocycles. The van der Waals surface area contributed by atoms with E-state index in [4.69, 9.17) is 23.2 Å². The summed E-state index contributed by atoms with van der Waals surface area (Å²) in [5.74, 6) is -0.504. The Bertz CT molecular complexity index is 1390. The lowest BCUT2D eigenvalue weighted by Crippen LogP contribution is -2.24. The smallest absolute Gasteiger partial charge is 0.258 e. The Morgan fingerprint density at radius 1 is 0.886 bits per heavy atom. The first-order valence-corrected chi connectivity index (χ1v) is 12.6. The van der Waals surface area contributed by atoms with Crippen LogP contribution < -0.4 is 10.6 Å². The number of sulfonamides is 1. The van der Waals surface area contributed by atoms with Gasteiger partial charge in [-0.25, -0.2) is 13.4 Å². The average molecular weight is 534 g/mol. The minimum Gasteiger partial charge on any atom is -0.362 e. The molecule has 1 aromatic heterocycles. The Labute approximate surface area is 212 Å². The van der Waals surface area contributed by atoms with Gasteiger partial charge in [0.1, 0.15) is 11.7 Å². The summed E-state index contributed by atoms with van der Waals surface area (Å²) in [4.78, 5) is 31.3. The SMILES string of the molecule is CN(C)/C(=N/S(C)(=O)=O)c1ccc(C(=O)Nc2ccc(Cl)cc2C(=O)Nc2ccc(Cl)cn2)cc1. The van der Waals surface area contributed by atoms with Crippen LogP contribution in [-0.2, 0) is 10.0 Å². The molecular weight excluding hydrogens is 513 g/mol. The lowest BCUT2D eigenvalue weighted by Gasteiger charge is -2.16. The van der Waals surface area contributed by atoms with E-state index in [1.807, 2.05) is 0 Å². The minimum atomic E-state index is -3.62. The fourth-order valence-electron chi connectivity index (χ4n) is 2.96. The van der Waals surface area contributed by atoms with Crippen molar-refractivity contribution in [2.45, 2.75) is 0 Å². The Balaban J connectivity index is 1.83. The zero-order valence-corrected chi connectivity index (χ0v) is 21.2. The quantitative estimate of drug-likeness (QED) is 0.362. The first-order valence-electron chi connectivity index (χ1n) is 10.0. The van der Waals surface area contributed by atoms with Crippen LogP contribution in [0.3, 0.4) is 0 Å². The summed E-state index contributed by atoms with van der Waals surface area (Å²) in [6.45, 7) is 0. The topological polar surface area (TPSA) is 121 Å². The number of pyridine rings is 1. The van der Waals surface area contributed by atoms with Gasteiger partial charge in [0.05, 0.1) is 22.5 Å². The molecule has 182 valence electrons. The molecule has 2 N–H and O–H groups in total. The third-order valence-electron chi connectivity index (χ3n) is 4.52. The van der Waals surface area contributed by atoms with Crippen molar-refractivity contribution >= 4 is 62.4 Å². The zero-order chi connectivity index (χ0) is 25.8. The van der Waals surface area contributed by atoms with Gasteiger partial charge >= 0.3 is 0 Å². The lowest BCUT2D eigenvalue weighted by atomic mass is 10.1. The van der Waals surface area contributed by atoms with E-state index in [2.05, 4.69) is 20.0 Å². The molecule has 0 aliphatic heterocycles. The molecule has 2 aromatic carbocycles. The third-order valence-corrected chi connectivity index (χ3v) is 5.49. The van der Waals surface area contributed by atoms with Crippen LogP contribution in [0.4, 0.5) is 11.5 Å². The van der Waals surface area contributed by atoms with E-state index in [0.717, 1.165) is 6.26 Å². The molecule has 0 spiro atoms. The maximum absolute atomic E-state index is 12.9. The largest absolute Gasteiger partial charge is 0.362 e. The van der Waals surface area contributed by atoms with Crippen LogP contribution in [0.15, 0.2) is 65.2 Å². The molecule has 0 saturated carbocycles. The van der Waals surface area contributed by atoms with Gasteiger partial charge in [-0.3, -0.25) is 9.59 Å². The number of hydrogen-bond donors (Lipinski definition) is 2. The highest BCUT2D eigenvalue weighted by atomic mass is 35.5. The monoisotopic (exact) mass is 533 g/mol. The molecule has 0 unspecified atom stereocenters. The van der Waals surface area contributed by atoms with Gasteiger partial charge in [-0.05, 0) is 42.5 Å². The molecule has 0 aliphatic rings. The minimum absolute atomic E-state index is 0.134. The molecule has 0 aliphatic carbocycles. The van der Waals surface area contributed by atoms with Crippen molar-refractivity contribution in [2.24, 2.45) is 4.40 Å². The number of benzene rings is 2. The highest BCUT2D eigenvalue weighted by Gasteiger charge is 2.17. The molecule has 0 atom stereocenters. The number of hydrogen-bond acceptors (Lipinski definition) is 5. The van der Waals surface area contributed by atoms with E-state index in [-0.39, 0.29) is 28.5 Å². The molecule has 2 amide bonds. The maximum atomic E-state index is 12.9. The lowest BCUT2D eigenvalue weighted by molar-refractivity contribution is 0.102. The first kappa shape index (κ1) is 26.1. The van der Waals surface area contributed by atoms with E-state index >= 15 is 0 Å². The first-order chi connectivity index (χ1) is 16.4. The highest BCUT2D eigenvalue weighted by Crippen LogP contribution is 2.23. The molecule has 0 bridgehead atoms. The summed E-state index contributed by atoms with van der Waals surface area (Å²) < 4.78 is 27.0. The van der Waals surface area contributed by atoms with Crippen molar-refractivity contribution in [1.29, 1.82) is 0 Å². The molecule has 9 nitrogen and oxygen atoms in total. The maximum Gasteiger partial charge on any atom is 0.258 e. The number of carbonyl (C=O) groups excluding carboxylic acids is 2. The number of anilines is 2. The number of nitrogens with zero attached hydrogens (tertiary/aromatic N) is 3. The normalized spacial score (nSPS) is 11.6. The van der Waals surface area contributed by atoms with Gasteiger partial charge in [0, 0.05) is 36.4 Å². The number of nitrogens with one attached hydrogen (secondary N) is 2. The summed E-state index contributed by atoms with van der Waals surface area (Å²) in [7, 11) is -0.290.